The third-order valence-electron chi connectivity index (χ3n) is 8.74. The zero-order valence-electron chi connectivity index (χ0n) is 28.4. The van der Waals surface area contributed by atoms with Gasteiger partial charge in [-0.3, -0.25) is 13.9 Å². The van der Waals surface area contributed by atoms with Crippen LogP contribution in [0.4, 0.5) is 18.9 Å². The Morgan fingerprint density at radius 1 is 1.06 bits per heavy atom. The number of hydrogen-bond acceptors (Lipinski definition) is 8. The first-order valence-corrected chi connectivity index (χ1v) is 19.0. The summed E-state index contributed by atoms with van der Waals surface area (Å²) in [6, 6.07) is 17.1. The van der Waals surface area contributed by atoms with Gasteiger partial charge in [-0.2, -0.15) is 13.2 Å². The third kappa shape index (κ3) is 9.73. The minimum atomic E-state index is -4.49. The quantitative estimate of drug-likeness (QED) is 0.169. The summed E-state index contributed by atoms with van der Waals surface area (Å²) in [5.74, 6) is -1.03. The number of aliphatic hydroxyl groups excluding tert-OH is 1. The molecule has 0 bridgehead atoms. The van der Waals surface area contributed by atoms with Crippen molar-refractivity contribution in [2.24, 2.45) is 0 Å². The van der Waals surface area contributed by atoms with Crippen molar-refractivity contribution in [2.75, 3.05) is 30.7 Å². The molecule has 1 fully saturated rings. The zero-order valence-corrected chi connectivity index (χ0v) is 30.0. The van der Waals surface area contributed by atoms with Crippen LogP contribution in [0.15, 0.2) is 78.2 Å². The molecule has 1 aliphatic rings. The molecular weight excluding hydrogens is 704 g/mol. The van der Waals surface area contributed by atoms with Crippen LogP contribution in [0, 0.1) is 6.92 Å². The van der Waals surface area contributed by atoms with Gasteiger partial charge in [-0.1, -0.05) is 48.5 Å². The highest BCUT2D eigenvalue weighted by Gasteiger charge is 2.34. The van der Waals surface area contributed by atoms with Crippen LogP contribution < -0.4 is 14.9 Å². The predicted molar refractivity (Wildman–Crippen MR) is 190 cm³/mol. The molecule has 2 heterocycles. The van der Waals surface area contributed by atoms with Gasteiger partial charge in [0.25, 0.3) is 11.8 Å². The fraction of sp³-hybridized carbons (Fsp3) is 0.361. The van der Waals surface area contributed by atoms with E-state index in [9.17, 15) is 36.3 Å². The van der Waals surface area contributed by atoms with Gasteiger partial charge in [0.15, 0.2) is 0 Å². The highest BCUT2D eigenvalue weighted by Crippen LogP contribution is 2.35. The monoisotopic (exact) mass is 743 g/mol. The van der Waals surface area contributed by atoms with Gasteiger partial charge in [-0.05, 0) is 61.6 Å². The molecule has 51 heavy (non-hydrogen) atoms. The standard InChI is InChI=1S/C36H40F3N5O5S2/c1-23-22-50-34(41-23)31-13-8-14-44(31)35(47)27-17-26(18-29(19-27)43(2)51(3,48)49)33(46)42-30(16-24-9-5-4-6-10-24)32(45)21-40-20-25-11-7-12-28(15-25)36(37,38)39/h4-7,9-12,15,17-19,22,30-32,40,45H,8,13-14,16,20-21H2,1-3H3,(H,42,46)/t30-,31+,32-/m0/s1. The Balaban J connectivity index is 1.40. The number of halogens is 3. The Kier molecular flexibility index (Phi) is 11.8. The summed E-state index contributed by atoms with van der Waals surface area (Å²) in [6.07, 6.45) is -2.98. The topological polar surface area (TPSA) is 132 Å². The number of sulfonamides is 1. The second-order valence-corrected chi connectivity index (χ2v) is 15.6. The smallest absolute Gasteiger partial charge is 0.390 e. The number of aliphatic hydroxyl groups is 1. The van der Waals surface area contributed by atoms with Gasteiger partial charge in [0.05, 0.1) is 35.7 Å². The molecule has 5 rings (SSSR count). The second kappa shape index (κ2) is 15.9. The molecule has 1 aromatic heterocycles. The first-order chi connectivity index (χ1) is 24.1. The van der Waals surface area contributed by atoms with Crippen molar-refractivity contribution in [1.29, 1.82) is 0 Å². The van der Waals surface area contributed by atoms with Gasteiger partial charge in [0.2, 0.25) is 10.0 Å². The number of rotatable bonds is 13. The van der Waals surface area contributed by atoms with E-state index in [4.69, 9.17) is 0 Å². The largest absolute Gasteiger partial charge is 0.416 e. The van der Waals surface area contributed by atoms with Crippen LogP contribution in [0.2, 0.25) is 0 Å². The molecule has 0 radical (unpaired) electrons. The van der Waals surface area contributed by atoms with Crippen LogP contribution in [0.5, 0.6) is 0 Å². The van der Waals surface area contributed by atoms with E-state index >= 15 is 0 Å². The number of aromatic nitrogens is 1. The minimum absolute atomic E-state index is 0.00868. The summed E-state index contributed by atoms with van der Waals surface area (Å²) in [7, 11) is -2.45. The van der Waals surface area contributed by atoms with E-state index in [-0.39, 0.29) is 48.3 Å². The average molecular weight is 744 g/mol. The van der Waals surface area contributed by atoms with Crippen LogP contribution in [0.3, 0.4) is 0 Å². The molecule has 4 aromatic rings. The number of thiazole rings is 1. The molecule has 3 atom stereocenters. The lowest BCUT2D eigenvalue weighted by molar-refractivity contribution is -0.137. The lowest BCUT2D eigenvalue weighted by atomic mass is 9.99. The van der Waals surface area contributed by atoms with Gasteiger partial charge < -0.3 is 20.6 Å². The van der Waals surface area contributed by atoms with Crippen molar-refractivity contribution in [2.45, 2.75) is 57.1 Å². The molecule has 3 aromatic carbocycles. The van der Waals surface area contributed by atoms with Crippen molar-refractivity contribution in [3.63, 3.8) is 0 Å². The summed E-state index contributed by atoms with van der Waals surface area (Å²) in [4.78, 5) is 34.2. The molecule has 0 unspecified atom stereocenters. The van der Waals surface area contributed by atoms with Crippen molar-refractivity contribution in [3.05, 3.63) is 117 Å². The number of hydrogen-bond donors (Lipinski definition) is 3. The van der Waals surface area contributed by atoms with Gasteiger partial charge in [-0.15, -0.1) is 11.3 Å². The molecule has 15 heteroatoms. The molecule has 2 amide bonds. The second-order valence-electron chi connectivity index (χ2n) is 12.6. The highest BCUT2D eigenvalue weighted by molar-refractivity contribution is 7.92. The summed E-state index contributed by atoms with van der Waals surface area (Å²) in [5.41, 5.74) is 1.48. The Morgan fingerprint density at radius 3 is 2.43 bits per heavy atom. The number of anilines is 1. The zero-order chi connectivity index (χ0) is 36.9. The maximum atomic E-state index is 14.0. The van der Waals surface area contributed by atoms with Gasteiger partial charge in [0.1, 0.15) is 5.01 Å². The Bertz CT molecular complexity index is 1960. The van der Waals surface area contributed by atoms with E-state index in [1.54, 1.807) is 11.0 Å². The maximum Gasteiger partial charge on any atom is 0.416 e. The number of benzene rings is 3. The van der Waals surface area contributed by atoms with Crippen LogP contribution in [-0.2, 0) is 29.2 Å². The van der Waals surface area contributed by atoms with Crippen molar-refractivity contribution in [1.82, 2.24) is 20.5 Å². The molecule has 1 aliphatic heterocycles. The van der Waals surface area contributed by atoms with E-state index in [0.717, 1.165) is 51.8 Å². The predicted octanol–water partition coefficient (Wildman–Crippen LogP) is 5.34. The van der Waals surface area contributed by atoms with Crippen LogP contribution in [0.1, 0.15) is 67.0 Å². The van der Waals surface area contributed by atoms with Gasteiger partial charge in [0, 0.05) is 48.9 Å². The highest BCUT2D eigenvalue weighted by atomic mass is 32.2. The molecule has 1 saturated heterocycles. The summed E-state index contributed by atoms with van der Waals surface area (Å²) < 4.78 is 65.7. The first kappa shape index (κ1) is 37.9. The maximum absolute atomic E-state index is 14.0. The van der Waals surface area contributed by atoms with Crippen molar-refractivity contribution in [3.8, 4) is 0 Å². The Hall–Kier alpha value is -4.31. The third-order valence-corrected chi connectivity index (χ3v) is 11.0. The Morgan fingerprint density at radius 2 is 1.76 bits per heavy atom. The molecule has 0 aliphatic carbocycles. The first-order valence-electron chi connectivity index (χ1n) is 16.3. The molecule has 3 N–H and O–H groups in total. The SMILES string of the molecule is Cc1csc([C@H]2CCCN2C(=O)c2cc(C(=O)N[C@@H](Cc3ccccc3)[C@@H](O)CNCc3cccc(C(F)(F)F)c3)cc(N(C)S(C)(=O)=O)c2)n1. The molecule has 0 saturated carbocycles. The summed E-state index contributed by atoms with van der Waals surface area (Å²) >= 11 is 1.47. The van der Waals surface area contributed by atoms with E-state index < -0.39 is 39.8 Å². The number of likely N-dealkylation sites (tertiary alicyclic amines) is 1. The number of carbonyl (C=O) groups is 2. The summed E-state index contributed by atoms with van der Waals surface area (Å²) in [5, 5.41) is 19.9. The Labute approximate surface area is 299 Å². The number of carbonyl (C=O) groups excluding carboxylic acids is 2. The number of alkyl halides is 3. The van der Waals surface area contributed by atoms with Crippen LogP contribution in [-0.4, -0.2) is 73.8 Å². The lowest BCUT2D eigenvalue weighted by Gasteiger charge is -2.26. The average Bonchev–Trinajstić information content (AvgIpc) is 3.76. The van der Waals surface area contributed by atoms with Crippen LogP contribution >= 0.6 is 11.3 Å². The normalized spacial score (nSPS) is 16.1. The number of amides is 2. The summed E-state index contributed by atoms with van der Waals surface area (Å²) in [6.45, 7) is 2.32. The van der Waals surface area contributed by atoms with Crippen molar-refractivity contribution < 1.29 is 36.3 Å². The van der Waals surface area contributed by atoms with E-state index in [0.29, 0.717) is 12.1 Å². The van der Waals surface area contributed by atoms with E-state index in [1.807, 2.05) is 42.6 Å². The minimum Gasteiger partial charge on any atom is -0.390 e. The fourth-order valence-corrected chi connectivity index (χ4v) is 7.40. The molecular formula is C36H40F3N5O5S2. The van der Waals surface area contributed by atoms with Gasteiger partial charge >= 0.3 is 6.18 Å². The van der Waals surface area contributed by atoms with E-state index in [1.165, 1.54) is 42.6 Å². The molecule has 10 nitrogen and oxygen atoms in total. The van der Waals surface area contributed by atoms with E-state index in [2.05, 4.69) is 15.6 Å². The van der Waals surface area contributed by atoms with Gasteiger partial charge in [-0.25, -0.2) is 13.4 Å². The number of aryl methyl sites for hydroxylation is 1. The lowest BCUT2D eigenvalue weighted by Crippen LogP contribution is -2.48. The molecule has 0 spiro atoms. The molecule has 272 valence electrons. The van der Waals surface area contributed by atoms with Crippen molar-refractivity contribution >= 4 is 38.9 Å². The number of nitrogens with one attached hydrogen (secondary N) is 2. The number of nitrogens with zero attached hydrogens (tertiary/aromatic N) is 3. The fourth-order valence-electron chi connectivity index (χ4n) is 5.96. The van der Waals surface area contributed by atoms with Crippen LogP contribution in [0.25, 0.3) is 0 Å².